The molecule has 2 saturated heterocycles. The number of hydrogen-bond donors (Lipinski definition) is 1. The van der Waals surface area contributed by atoms with E-state index in [0.29, 0.717) is 69.0 Å². The summed E-state index contributed by atoms with van der Waals surface area (Å²) in [5.41, 5.74) is 1.18. The van der Waals surface area contributed by atoms with Gasteiger partial charge in [-0.2, -0.15) is 9.29 Å². The molecule has 1 N–H and O–H groups in total. The molecule has 0 bridgehead atoms. The first kappa shape index (κ1) is 27.7. The van der Waals surface area contributed by atoms with Crippen LogP contribution in [-0.4, -0.2) is 80.2 Å². The van der Waals surface area contributed by atoms with E-state index in [1.54, 1.807) is 6.07 Å². The van der Waals surface area contributed by atoms with Crippen molar-refractivity contribution >= 4 is 37.5 Å². The summed E-state index contributed by atoms with van der Waals surface area (Å²) >= 11 is 3.42. The monoisotopic (exact) mass is 619 g/mol. The Hall–Kier alpha value is -2.84. The summed E-state index contributed by atoms with van der Waals surface area (Å²) < 4.78 is 44.8. The van der Waals surface area contributed by atoms with Crippen molar-refractivity contribution in [1.29, 1.82) is 0 Å². The van der Waals surface area contributed by atoms with E-state index in [2.05, 4.69) is 36.3 Å². The number of rotatable bonds is 8. The smallest absolute Gasteiger partial charge is 0.243 e. The van der Waals surface area contributed by atoms with Crippen LogP contribution in [0.2, 0.25) is 0 Å². The first-order valence-electron chi connectivity index (χ1n) is 12.7. The Labute approximate surface area is 235 Å². The van der Waals surface area contributed by atoms with Gasteiger partial charge in [-0.25, -0.2) is 8.42 Å². The molecule has 1 amide bonds. The molecule has 3 aromatic rings. The maximum Gasteiger partial charge on any atom is 0.243 e. The van der Waals surface area contributed by atoms with Crippen molar-refractivity contribution in [1.82, 2.24) is 19.3 Å². The van der Waals surface area contributed by atoms with Crippen LogP contribution in [0.5, 0.6) is 5.75 Å². The second-order valence-electron chi connectivity index (χ2n) is 9.46. The van der Waals surface area contributed by atoms with E-state index in [9.17, 15) is 13.2 Å². The number of ether oxygens (including phenoxy) is 2. The molecule has 1 atom stereocenters. The summed E-state index contributed by atoms with van der Waals surface area (Å²) in [5.74, 6) is 0.902. The van der Waals surface area contributed by atoms with E-state index < -0.39 is 10.0 Å². The average molecular weight is 621 g/mol. The first-order valence-corrected chi connectivity index (χ1v) is 14.9. The number of likely N-dealkylation sites (tertiary alicyclic amines) is 1. The third-order valence-corrected chi connectivity index (χ3v) is 9.27. The van der Waals surface area contributed by atoms with Gasteiger partial charge in [-0.1, -0.05) is 21.1 Å². The zero-order valence-corrected chi connectivity index (χ0v) is 23.9. The molecule has 3 heterocycles. The number of carbonyl (C=O) groups excluding carboxylic acids is 1. The quantitative estimate of drug-likeness (QED) is 0.403. The molecule has 1 aromatic heterocycles. The van der Waals surface area contributed by atoms with Gasteiger partial charge in [-0.15, -0.1) is 0 Å². The summed E-state index contributed by atoms with van der Waals surface area (Å²) in [4.78, 5) is 20.0. The number of anilines is 1. The number of aromatic nitrogens is 2. The van der Waals surface area contributed by atoms with E-state index in [0.717, 1.165) is 23.0 Å². The fourth-order valence-electron chi connectivity index (χ4n) is 4.76. The summed E-state index contributed by atoms with van der Waals surface area (Å²) in [5, 5.41) is 7.00. The molecule has 0 saturated carbocycles. The molecule has 11 nitrogen and oxygen atoms in total. The summed E-state index contributed by atoms with van der Waals surface area (Å²) in [7, 11) is -2.24. The fourth-order valence-corrected chi connectivity index (χ4v) is 6.45. The molecule has 13 heteroatoms. The highest BCUT2D eigenvalue weighted by molar-refractivity contribution is 9.10. The van der Waals surface area contributed by atoms with Gasteiger partial charge in [0.2, 0.25) is 27.6 Å². The van der Waals surface area contributed by atoms with Gasteiger partial charge in [0.15, 0.2) is 0 Å². The van der Waals surface area contributed by atoms with Gasteiger partial charge in [0.25, 0.3) is 0 Å². The number of nitrogens with one attached hydrogen (secondary N) is 1. The Morgan fingerprint density at radius 3 is 2.67 bits per heavy atom. The number of morpholine rings is 1. The standard InChI is InChI=1S/C26H30BrN5O6S/c1-36-23-9-8-21(39(34,35)32-11-13-37-14-12-32)15-22(23)28-26(33)19-3-2-10-31(16-19)17-24-29-25(30-38-24)18-4-6-20(27)7-5-18/h4-9,15,19H,2-3,10-14,16-17H2,1H3,(H,28,33). The summed E-state index contributed by atoms with van der Waals surface area (Å²) in [6, 6.07) is 12.2. The van der Waals surface area contributed by atoms with E-state index in [1.807, 2.05) is 24.3 Å². The molecule has 2 fully saturated rings. The molecule has 2 aliphatic heterocycles. The highest BCUT2D eigenvalue weighted by Crippen LogP contribution is 2.31. The number of piperidine rings is 1. The first-order chi connectivity index (χ1) is 18.8. The lowest BCUT2D eigenvalue weighted by molar-refractivity contribution is -0.121. The van der Waals surface area contributed by atoms with Gasteiger partial charge in [-0.05, 0) is 61.9 Å². The summed E-state index contributed by atoms with van der Waals surface area (Å²) in [6.07, 6.45) is 1.54. The lowest BCUT2D eigenvalue weighted by atomic mass is 9.97. The molecule has 39 heavy (non-hydrogen) atoms. The van der Waals surface area contributed by atoms with Gasteiger partial charge in [-0.3, -0.25) is 9.69 Å². The maximum absolute atomic E-state index is 13.3. The van der Waals surface area contributed by atoms with Crippen LogP contribution >= 0.6 is 15.9 Å². The largest absolute Gasteiger partial charge is 0.495 e. The van der Waals surface area contributed by atoms with Gasteiger partial charge < -0.3 is 19.3 Å². The highest BCUT2D eigenvalue weighted by Gasteiger charge is 2.30. The number of sulfonamides is 1. The van der Waals surface area contributed by atoms with Gasteiger partial charge >= 0.3 is 0 Å². The minimum Gasteiger partial charge on any atom is -0.495 e. The zero-order valence-electron chi connectivity index (χ0n) is 21.5. The van der Waals surface area contributed by atoms with Crippen molar-refractivity contribution in [2.75, 3.05) is 51.8 Å². The number of amides is 1. The van der Waals surface area contributed by atoms with Crippen molar-refractivity contribution < 1.29 is 27.2 Å². The predicted molar refractivity (Wildman–Crippen MR) is 147 cm³/mol. The molecule has 2 aromatic carbocycles. The Kier molecular flexibility index (Phi) is 8.62. The minimum absolute atomic E-state index is 0.101. The molecular formula is C26H30BrN5O6S. The Balaban J connectivity index is 1.25. The average Bonchev–Trinajstić information content (AvgIpc) is 3.42. The Morgan fingerprint density at radius 1 is 1.15 bits per heavy atom. The topological polar surface area (TPSA) is 127 Å². The van der Waals surface area contributed by atoms with Gasteiger partial charge in [0.1, 0.15) is 5.75 Å². The third kappa shape index (κ3) is 6.49. The molecule has 0 aliphatic carbocycles. The van der Waals surface area contributed by atoms with Crippen LogP contribution in [0.15, 0.2) is 56.4 Å². The second-order valence-corrected chi connectivity index (χ2v) is 12.3. The zero-order chi connectivity index (χ0) is 27.4. The SMILES string of the molecule is COc1ccc(S(=O)(=O)N2CCOCC2)cc1NC(=O)C1CCCN(Cc2nc(-c3ccc(Br)cc3)no2)C1. The number of halogens is 1. The molecule has 0 spiro atoms. The highest BCUT2D eigenvalue weighted by atomic mass is 79.9. The lowest BCUT2D eigenvalue weighted by Gasteiger charge is -2.31. The number of carbonyl (C=O) groups is 1. The summed E-state index contributed by atoms with van der Waals surface area (Å²) in [6.45, 7) is 3.03. The van der Waals surface area contributed by atoms with Crippen LogP contribution in [0.25, 0.3) is 11.4 Å². The van der Waals surface area contributed by atoms with Gasteiger partial charge in [0.05, 0.1) is 43.4 Å². The fraction of sp³-hybridized carbons (Fsp3) is 0.423. The van der Waals surface area contributed by atoms with Crippen molar-refractivity contribution in [2.24, 2.45) is 5.92 Å². The minimum atomic E-state index is -3.72. The number of benzene rings is 2. The van der Waals surface area contributed by atoms with E-state index in [1.165, 1.54) is 23.5 Å². The number of methoxy groups -OCH3 is 1. The van der Waals surface area contributed by atoms with Crippen molar-refractivity contribution in [3.8, 4) is 17.1 Å². The molecule has 0 radical (unpaired) electrons. The van der Waals surface area contributed by atoms with Crippen molar-refractivity contribution in [3.05, 3.63) is 52.8 Å². The maximum atomic E-state index is 13.3. The Bertz CT molecular complexity index is 1410. The number of nitrogens with zero attached hydrogens (tertiary/aromatic N) is 4. The molecule has 2 aliphatic rings. The molecule has 5 rings (SSSR count). The van der Waals surface area contributed by atoms with Crippen molar-refractivity contribution in [3.63, 3.8) is 0 Å². The Morgan fingerprint density at radius 2 is 1.92 bits per heavy atom. The molecule has 1 unspecified atom stereocenters. The van der Waals surface area contributed by atoms with Crippen LogP contribution < -0.4 is 10.1 Å². The van der Waals surface area contributed by atoms with Crippen LogP contribution in [0.3, 0.4) is 0 Å². The lowest BCUT2D eigenvalue weighted by Crippen LogP contribution is -2.41. The molecule has 208 valence electrons. The van der Waals surface area contributed by atoms with Crippen molar-refractivity contribution in [2.45, 2.75) is 24.3 Å². The predicted octanol–water partition coefficient (Wildman–Crippen LogP) is 3.38. The van der Waals surface area contributed by atoms with E-state index in [-0.39, 0.29) is 16.7 Å². The second kappa shape index (κ2) is 12.1. The van der Waals surface area contributed by atoms with Crippen LogP contribution in [-0.2, 0) is 26.1 Å². The van der Waals surface area contributed by atoms with Crippen LogP contribution in [0, 0.1) is 5.92 Å². The van der Waals surface area contributed by atoms with Gasteiger partial charge in [0, 0.05) is 29.7 Å². The van der Waals surface area contributed by atoms with Crippen LogP contribution in [0.4, 0.5) is 5.69 Å². The third-order valence-electron chi connectivity index (χ3n) is 6.84. The number of hydrogen-bond acceptors (Lipinski definition) is 9. The normalized spacial score (nSPS) is 19.1. The van der Waals surface area contributed by atoms with E-state index in [4.69, 9.17) is 14.0 Å². The van der Waals surface area contributed by atoms with E-state index >= 15 is 0 Å². The van der Waals surface area contributed by atoms with Crippen LogP contribution in [0.1, 0.15) is 18.7 Å². The molecular weight excluding hydrogens is 590 g/mol.